The Morgan fingerprint density at radius 2 is 2.14 bits per heavy atom. The van der Waals surface area contributed by atoms with E-state index in [-0.39, 0.29) is 0 Å². The van der Waals surface area contributed by atoms with Crippen LogP contribution in [0.25, 0.3) is 11.3 Å². The molecule has 2 rings (SSSR count). The van der Waals surface area contributed by atoms with Crippen molar-refractivity contribution in [2.45, 2.75) is 39.3 Å². The Bertz CT molecular complexity index is 561. The van der Waals surface area contributed by atoms with Crippen LogP contribution in [0.15, 0.2) is 30.9 Å². The third-order valence-corrected chi connectivity index (χ3v) is 3.83. The average Bonchev–Trinajstić information content (AvgIpc) is 2.91. The number of nitrogens with zero attached hydrogens (tertiary/aromatic N) is 4. The Labute approximate surface area is 126 Å². The molecule has 0 saturated heterocycles. The minimum Gasteiger partial charge on any atom is -0.384 e. The maximum atomic E-state index is 5.75. The number of hydrogen-bond acceptors (Lipinski definition) is 4. The molecule has 0 atom stereocenters. The van der Waals surface area contributed by atoms with Crippen molar-refractivity contribution in [2.75, 3.05) is 19.3 Å². The third-order valence-electron chi connectivity index (χ3n) is 3.83. The van der Waals surface area contributed by atoms with Crippen molar-refractivity contribution >= 4 is 5.82 Å². The van der Waals surface area contributed by atoms with Gasteiger partial charge in [0, 0.05) is 24.3 Å². The average molecular weight is 287 g/mol. The van der Waals surface area contributed by atoms with Gasteiger partial charge in [-0.1, -0.05) is 0 Å². The Morgan fingerprint density at radius 1 is 1.33 bits per heavy atom. The number of pyridine rings is 1. The Balaban J connectivity index is 1.92. The van der Waals surface area contributed by atoms with Gasteiger partial charge in [-0.05, 0) is 52.4 Å². The highest BCUT2D eigenvalue weighted by molar-refractivity contribution is 5.61. The van der Waals surface area contributed by atoms with Crippen molar-refractivity contribution < 1.29 is 0 Å². The van der Waals surface area contributed by atoms with E-state index in [1.807, 2.05) is 24.7 Å². The van der Waals surface area contributed by atoms with Gasteiger partial charge in [-0.25, -0.2) is 9.97 Å². The molecule has 2 N–H and O–H groups in total. The maximum Gasteiger partial charge on any atom is 0.123 e. The molecule has 0 amide bonds. The van der Waals surface area contributed by atoms with Crippen molar-refractivity contribution in [3.63, 3.8) is 0 Å². The molecule has 5 heteroatoms. The maximum absolute atomic E-state index is 5.75. The van der Waals surface area contributed by atoms with E-state index in [1.165, 1.54) is 6.42 Å². The molecule has 5 nitrogen and oxygen atoms in total. The van der Waals surface area contributed by atoms with Crippen molar-refractivity contribution in [2.24, 2.45) is 0 Å². The molecule has 0 saturated carbocycles. The van der Waals surface area contributed by atoms with Gasteiger partial charge in [-0.2, -0.15) is 0 Å². The monoisotopic (exact) mass is 287 g/mol. The van der Waals surface area contributed by atoms with Crippen LogP contribution in [-0.4, -0.2) is 39.1 Å². The lowest BCUT2D eigenvalue weighted by molar-refractivity contribution is 0.266. The number of aryl methyl sites for hydroxylation is 1. The van der Waals surface area contributed by atoms with Gasteiger partial charge < -0.3 is 15.2 Å². The molecular weight excluding hydrogens is 262 g/mol. The summed E-state index contributed by atoms with van der Waals surface area (Å²) in [7, 11) is 2.17. The normalized spacial score (nSPS) is 11.5. The van der Waals surface area contributed by atoms with E-state index in [0.29, 0.717) is 11.9 Å². The van der Waals surface area contributed by atoms with Crippen LogP contribution in [0.3, 0.4) is 0 Å². The van der Waals surface area contributed by atoms with E-state index in [9.17, 15) is 0 Å². The van der Waals surface area contributed by atoms with Gasteiger partial charge in [0.1, 0.15) is 5.82 Å². The van der Waals surface area contributed by atoms with E-state index >= 15 is 0 Å². The van der Waals surface area contributed by atoms with Gasteiger partial charge >= 0.3 is 0 Å². The fraction of sp³-hybridized carbons (Fsp3) is 0.500. The summed E-state index contributed by atoms with van der Waals surface area (Å²) in [5, 5.41) is 0. The first kappa shape index (κ1) is 15.5. The van der Waals surface area contributed by atoms with Gasteiger partial charge in [-0.15, -0.1) is 0 Å². The number of anilines is 1. The molecule has 0 bridgehead atoms. The number of imidazole rings is 1. The summed E-state index contributed by atoms with van der Waals surface area (Å²) in [5.74, 6) is 0.541. The van der Waals surface area contributed by atoms with Crippen LogP contribution in [0.5, 0.6) is 0 Å². The second-order valence-corrected chi connectivity index (χ2v) is 5.72. The van der Waals surface area contributed by atoms with E-state index in [4.69, 9.17) is 5.73 Å². The van der Waals surface area contributed by atoms with Gasteiger partial charge in [0.25, 0.3) is 0 Å². The van der Waals surface area contributed by atoms with Crippen molar-refractivity contribution in [3.05, 3.63) is 30.9 Å². The molecule has 0 aliphatic heterocycles. The zero-order chi connectivity index (χ0) is 15.2. The quantitative estimate of drug-likeness (QED) is 0.795. The molecule has 0 radical (unpaired) electrons. The van der Waals surface area contributed by atoms with E-state index in [1.54, 1.807) is 6.20 Å². The van der Waals surface area contributed by atoms with Crippen molar-refractivity contribution in [1.29, 1.82) is 0 Å². The molecule has 2 aromatic heterocycles. The third kappa shape index (κ3) is 4.29. The summed E-state index contributed by atoms with van der Waals surface area (Å²) < 4.78 is 2.18. The van der Waals surface area contributed by atoms with Gasteiger partial charge in [-0.3, -0.25) is 0 Å². The number of nitrogen functional groups attached to an aromatic ring is 1. The minimum absolute atomic E-state index is 0.541. The lowest BCUT2D eigenvalue weighted by Gasteiger charge is -2.20. The molecule has 0 aromatic carbocycles. The molecule has 0 unspecified atom stereocenters. The highest BCUT2D eigenvalue weighted by atomic mass is 15.1. The number of hydrogen-bond donors (Lipinski definition) is 1. The first-order valence-corrected chi connectivity index (χ1v) is 7.50. The molecule has 0 aliphatic carbocycles. The molecular formula is C16H25N5. The molecule has 0 spiro atoms. The lowest BCUT2D eigenvalue weighted by Crippen LogP contribution is -2.27. The zero-order valence-corrected chi connectivity index (χ0v) is 13.2. The molecule has 0 aliphatic rings. The van der Waals surface area contributed by atoms with Crippen molar-refractivity contribution in [3.8, 4) is 11.3 Å². The van der Waals surface area contributed by atoms with Gasteiger partial charge in [0.05, 0.1) is 18.2 Å². The highest BCUT2D eigenvalue weighted by Gasteiger charge is 2.06. The summed E-state index contributed by atoms with van der Waals surface area (Å²) in [4.78, 5) is 10.7. The molecule has 21 heavy (non-hydrogen) atoms. The highest BCUT2D eigenvalue weighted by Crippen LogP contribution is 2.20. The van der Waals surface area contributed by atoms with E-state index in [0.717, 1.165) is 30.8 Å². The lowest BCUT2D eigenvalue weighted by atomic mass is 10.2. The van der Waals surface area contributed by atoms with E-state index < -0.39 is 0 Å². The summed E-state index contributed by atoms with van der Waals surface area (Å²) in [5.41, 5.74) is 7.92. The molecule has 114 valence electrons. The van der Waals surface area contributed by atoms with Crippen LogP contribution in [0.4, 0.5) is 5.82 Å². The largest absolute Gasteiger partial charge is 0.384 e. The predicted molar refractivity (Wildman–Crippen MR) is 86.9 cm³/mol. The number of rotatable bonds is 7. The smallest absolute Gasteiger partial charge is 0.123 e. The second kappa shape index (κ2) is 7.22. The second-order valence-electron chi connectivity index (χ2n) is 5.72. The zero-order valence-electron chi connectivity index (χ0n) is 13.2. The van der Waals surface area contributed by atoms with Crippen LogP contribution in [-0.2, 0) is 6.54 Å². The first-order chi connectivity index (χ1) is 10.1. The number of unbranched alkanes of at least 4 members (excludes halogenated alkanes) is 1. The Kier molecular flexibility index (Phi) is 5.33. The standard InChI is InChI=1S/C16H25N5/c1-13(2)20(3)8-4-5-9-21-12-18-11-15(21)14-6-7-19-16(17)10-14/h6-7,10-13H,4-5,8-9H2,1-3H3,(H2,17,19). The molecule has 2 heterocycles. The fourth-order valence-electron chi connectivity index (χ4n) is 2.25. The SMILES string of the molecule is CC(C)N(C)CCCCn1cncc1-c1ccnc(N)c1. The van der Waals surface area contributed by atoms with Gasteiger partial charge in [0.15, 0.2) is 0 Å². The Morgan fingerprint density at radius 3 is 2.86 bits per heavy atom. The van der Waals surface area contributed by atoms with Crippen LogP contribution < -0.4 is 5.73 Å². The Hall–Kier alpha value is -1.88. The van der Waals surface area contributed by atoms with Crippen LogP contribution >= 0.6 is 0 Å². The first-order valence-electron chi connectivity index (χ1n) is 7.50. The summed E-state index contributed by atoms with van der Waals surface area (Å²) in [6.07, 6.45) is 7.83. The topological polar surface area (TPSA) is 60.0 Å². The fourth-order valence-corrected chi connectivity index (χ4v) is 2.25. The van der Waals surface area contributed by atoms with Crippen LogP contribution in [0, 0.1) is 0 Å². The van der Waals surface area contributed by atoms with Gasteiger partial charge in [0.2, 0.25) is 0 Å². The minimum atomic E-state index is 0.541. The predicted octanol–water partition coefficient (Wildman–Crippen LogP) is 2.65. The molecule has 2 aromatic rings. The van der Waals surface area contributed by atoms with E-state index in [2.05, 4.69) is 40.3 Å². The summed E-state index contributed by atoms with van der Waals surface area (Å²) in [6, 6.07) is 4.46. The van der Waals surface area contributed by atoms with Crippen molar-refractivity contribution in [1.82, 2.24) is 19.4 Å². The molecule has 0 fully saturated rings. The summed E-state index contributed by atoms with van der Waals surface area (Å²) >= 11 is 0. The summed E-state index contributed by atoms with van der Waals surface area (Å²) in [6.45, 7) is 6.55. The number of nitrogens with two attached hydrogens (primary N) is 1. The van der Waals surface area contributed by atoms with Crippen LogP contribution in [0.1, 0.15) is 26.7 Å². The number of aromatic nitrogens is 3. The van der Waals surface area contributed by atoms with Crippen LogP contribution in [0.2, 0.25) is 0 Å².